The first-order valence-electron chi connectivity index (χ1n) is 10.1. The Kier molecular flexibility index (Phi) is 8.15. The third-order valence-electron chi connectivity index (χ3n) is 5.20. The second-order valence-corrected chi connectivity index (χ2v) is 8.05. The average molecular weight is 438 g/mol. The van der Waals surface area contributed by atoms with Crippen LogP contribution in [0.4, 0.5) is 0 Å². The smallest absolute Gasteiger partial charge is 0.191 e. The van der Waals surface area contributed by atoms with Gasteiger partial charge in [0.1, 0.15) is 12.2 Å². The Morgan fingerprint density at radius 3 is 2.72 bits per heavy atom. The number of guanidine groups is 1. The van der Waals surface area contributed by atoms with Crippen LogP contribution >= 0.6 is 23.2 Å². The Balaban J connectivity index is 1.40. The monoisotopic (exact) mass is 437 g/mol. The van der Waals surface area contributed by atoms with E-state index in [1.807, 2.05) is 25.2 Å². The number of rotatable bonds is 7. The van der Waals surface area contributed by atoms with E-state index >= 15 is 0 Å². The lowest BCUT2D eigenvalue weighted by Crippen LogP contribution is -2.49. The maximum absolute atomic E-state index is 6.13. The summed E-state index contributed by atoms with van der Waals surface area (Å²) in [7, 11) is 1.81. The van der Waals surface area contributed by atoms with Crippen molar-refractivity contribution in [1.29, 1.82) is 0 Å². The number of aliphatic imine (C=N–C) groups is 1. The predicted molar refractivity (Wildman–Crippen MR) is 119 cm³/mol. The number of aryl methyl sites for hydroxylation is 1. The summed E-state index contributed by atoms with van der Waals surface area (Å²) in [5.41, 5.74) is 1.20. The molecule has 0 radical (unpaired) electrons. The van der Waals surface area contributed by atoms with Gasteiger partial charge in [0.25, 0.3) is 0 Å². The van der Waals surface area contributed by atoms with Gasteiger partial charge in [-0.15, -0.1) is 10.2 Å². The zero-order chi connectivity index (χ0) is 20.6. The normalized spacial score (nSPS) is 16.2. The molecule has 0 aliphatic carbocycles. The van der Waals surface area contributed by atoms with E-state index in [0.717, 1.165) is 63.8 Å². The largest absolute Gasteiger partial charge is 0.355 e. The first-order chi connectivity index (χ1) is 14.1. The Labute approximate surface area is 182 Å². The highest BCUT2D eigenvalue weighted by Gasteiger charge is 2.20. The highest BCUT2D eigenvalue weighted by atomic mass is 35.5. The number of benzene rings is 1. The zero-order valence-electron chi connectivity index (χ0n) is 17.0. The van der Waals surface area contributed by atoms with Crippen LogP contribution in [0.1, 0.15) is 31.2 Å². The minimum atomic E-state index is 0.423. The minimum absolute atomic E-state index is 0.423. The summed E-state index contributed by atoms with van der Waals surface area (Å²) in [6.07, 6.45) is 4.81. The van der Waals surface area contributed by atoms with E-state index in [-0.39, 0.29) is 0 Å². The molecule has 3 rings (SSSR count). The highest BCUT2D eigenvalue weighted by Crippen LogP contribution is 2.24. The van der Waals surface area contributed by atoms with E-state index in [0.29, 0.717) is 16.1 Å². The van der Waals surface area contributed by atoms with Crippen LogP contribution in [-0.2, 0) is 19.5 Å². The van der Waals surface area contributed by atoms with Gasteiger partial charge in [0.05, 0.1) is 10.0 Å². The van der Waals surface area contributed by atoms with Gasteiger partial charge in [-0.2, -0.15) is 0 Å². The second kappa shape index (κ2) is 10.8. The highest BCUT2D eigenvalue weighted by molar-refractivity contribution is 6.42. The molecule has 1 aliphatic rings. The van der Waals surface area contributed by atoms with Crippen molar-refractivity contribution in [3.63, 3.8) is 0 Å². The van der Waals surface area contributed by atoms with Crippen LogP contribution in [0, 0.1) is 0 Å². The molecule has 0 bridgehead atoms. The van der Waals surface area contributed by atoms with Crippen molar-refractivity contribution in [2.75, 3.05) is 26.7 Å². The molecular weight excluding hydrogens is 409 g/mol. The van der Waals surface area contributed by atoms with Crippen molar-refractivity contribution in [1.82, 2.24) is 30.3 Å². The molecule has 1 fully saturated rings. The summed E-state index contributed by atoms with van der Waals surface area (Å²) in [5.74, 6) is 1.85. The molecule has 2 N–H and O–H groups in total. The lowest BCUT2D eigenvalue weighted by molar-refractivity contribution is 0.198. The number of halogens is 2. The molecule has 2 heterocycles. The van der Waals surface area contributed by atoms with E-state index < -0.39 is 0 Å². The number of likely N-dealkylation sites (tertiary alicyclic amines) is 1. The van der Waals surface area contributed by atoms with Crippen LogP contribution in [0.2, 0.25) is 10.0 Å². The van der Waals surface area contributed by atoms with Gasteiger partial charge in [0.15, 0.2) is 5.96 Å². The van der Waals surface area contributed by atoms with Crippen molar-refractivity contribution in [3.05, 3.63) is 46.0 Å². The van der Waals surface area contributed by atoms with Crippen LogP contribution in [0.25, 0.3) is 0 Å². The molecule has 1 saturated heterocycles. The Hall–Kier alpha value is -1.83. The van der Waals surface area contributed by atoms with Gasteiger partial charge in [-0.25, -0.2) is 0 Å². The number of hydrogen-bond donors (Lipinski definition) is 2. The molecule has 0 amide bonds. The third kappa shape index (κ3) is 6.32. The van der Waals surface area contributed by atoms with Crippen molar-refractivity contribution in [3.8, 4) is 0 Å². The fraction of sp³-hybridized carbons (Fsp3) is 0.550. The van der Waals surface area contributed by atoms with Gasteiger partial charge in [-0.1, -0.05) is 36.2 Å². The van der Waals surface area contributed by atoms with Crippen molar-refractivity contribution in [2.24, 2.45) is 4.99 Å². The molecule has 0 unspecified atom stereocenters. The average Bonchev–Trinajstić information content (AvgIpc) is 3.19. The molecular formula is C20H29Cl2N7. The summed E-state index contributed by atoms with van der Waals surface area (Å²) in [5, 5.41) is 16.2. The molecule has 1 aliphatic heterocycles. The van der Waals surface area contributed by atoms with Crippen LogP contribution in [-0.4, -0.2) is 58.3 Å². The number of nitrogens with zero attached hydrogens (tertiary/aromatic N) is 5. The molecule has 9 heteroatoms. The lowest BCUT2D eigenvalue weighted by Gasteiger charge is -2.33. The van der Waals surface area contributed by atoms with E-state index in [9.17, 15) is 0 Å². The first kappa shape index (κ1) is 21.9. The predicted octanol–water partition coefficient (Wildman–Crippen LogP) is 2.98. The first-order valence-corrected chi connectivity index (χ1v) is 10.8. The van der Waals surface area contributed by atoms with Crippen LogP contribution < -0.4 is 10.6 Å². The maximum Gasteiger partial charge on any atom is 0.191 e. The zero-order valence-corrected chi connectivity index (χ0v) is 18.5. The quantitative estimate of drug-likeness (QED) is 0.514. The van der Waals surface area contributed by atoms with Crippen LogP contribution in [0.3, 0.4) is 0 Å². The van der Waals surface area contributed by atoms with Crippen molar-refractivity contribution in [2.45, 2.75) is 45.3 Å². The number of hydrogen-bond acceptors (Lipinski definition) is 4. The van der Waals surface area contributed by atoms with Crippen molar-refractivity contribution >= 4 is 29.2 Å². The van der Waals surface area contributed by atoms with Crippen LogP contribution in [0.15, 0.2) is 29.5 Å². The maximum atomic E-state index is 6.13. The Morgan fingerprint density at radius 2 is 2.03 bits per heavy atom. The topological polar surface area (TPSA) is 70.4 Å². The van der Waals surface area contributed by atoms with E-state index in [1.54, 1.807) is 6.33 Å². The molecule has 0 saturated carbocycles. The summed E-state index contributed by atoms with van der Waals surface area (Å²) in [4.78, 5) is 6.81. The van der Waals surface area contributed by atoms with Gasteiger partial charge < -0.3 is 15.2 Å². The van der Waals surface area contributed by atoms with E-state index in [1.165, 1.54) is 5.56 Å². The second-order valence-electron chi connectivity index (χ2n) is 7.24. The van der Waals surface area contributed by atoms with Gasteiger partial charge in [0, 0.05) is 52.2 Å². The molecule has 1 aromatic carbocycles. The standard InChI is InChI=1S/C20H29Cl2N7/c1-3-19-27-25-14-29(19)11-8-24-20(23-2)26-16-6-9-28(10-7-16)13-15-4-5-17(21)18(22)12-15/h4-5,12,14,16H,3,6-11,13H2,1-2H3,(H2,23,24,26). The fourth-order valence-corrected chi connectivity index (χ4v) is 3.87. The third-order valence-corrected chi connectivity index (χ3v) is 5.94. The molecule has 7 nitrogen and oxygen atoms in total. The number of aromatic nitrogens is 3. The molecule has 158 valence electrons. The van der Waals surface area contributed by atoms with Crippen molar-refractivity contribution < 1.29 is 0 Å². The summed E-state index contributed by atoms with van der Waals surface area (Å²) < 4.78 is 2.07. The van der Waals surface area contributed by atoms with Crippen LogP contribution in [0.5, 0.6) is 0 Å². The molecule has 0 atom stereocenters. The van der Waals surface area contributed by atoms with Gasteiger partial charge in [0.2, 0.25) is 0 Å². The number of nitrogens with one attached hydrogen (secondary N) is 2. The molecule has 2 aromatic rings. The fourth-order valence-electron chi connectivity index (χ4n) is 3.55. The van der Waals surface area contributed by atoms with E-state index in [2.05, 4.69) is 42.2 Å². The molecule has 0 spiro atoms. The van der Waals surface area contributed by atoms with E-state index in [4.69, 9.17) is 23.2 Å². The SMILES string of the molecule is CCc1nncn1CCNC(=NC)NC1CCN(Cc2ccc(Cl)c(Cl)c2)CC1. The Morgan fingerprint density at radius 1 is 1.24 bits per heavy atom. The summed E-state index contributed by atoms with van der Waals surface area (Å²) in [6.45, 7) is 6.66. The molecule has 1 aromatic heterocycles. The summed E-state index contributed by atoms with van der Waals surface area (Å²) in [6, 6.07) is 6.29. The summed E-state index contributed by atoms with van der Waals surface area (Å²) >= 11 is 12.1. The molecule has 29 heavy (non-hydrogen) atoms. The van der Waals surface area contributed by atoms with Gasteiger partial charge in [-0.3, -0.25) is 9.89 Å². The van der Waals surface area contributed by atoms with Gasteiger partial charge in [-0.05, 0) is 30.5 Å². The lowest BCUT2D eigenvalue weighted by atomic mass is 10.0. The Bertz CT molecular complexity index is 813. The van der Waals surface area contributed by atoms with Gasteiger partial charge >= 0.3 is 0 Å². The minimum Gasteiger partial charge on any atom is -0.355 e. The number of piperidine rings is 1.